The van der Waals surface area contributed by atoms with Gasteiger partial charge in [0.15, 0.2) is 0 Å². The first-order chi connectivity index (χ1) is 9.77. The summed E-state index contributed by atoms with van der Waals surface area (Å²) in [6.45, 7) is 0. The highest BCUT2D eigenvalue weighted by molar-refractivity contribution is 6.20. The average Bonchev–Trinajstić information content (AvgIpc) is 2.41. The summed E-state index contributed by atoms with van der Waals surface area (Å²) in [5.41, 5.74) is -0.436. The summed E-state index contributed by atoms with van der Waals surface area (Å²) >= 11 is 6.05. The molecule has 2 aromatic carbocycles. The molecule has 21 heavy (non-hydrogen) atoms. The van der Waals surface area contributed by atoms with Crippen LogP contribution in [0.3, 0.4) is 0 Å². The fourth-order valence-corrected chi connectivity index (χ4v) is 2.21. The molecular formula is C15H10ClF5. The highest BCUT2D eigenvalue weighted by atomic mass is 35.5. The van der Waals surface area contributed by atoms with Gasteiger partial charge in [0.2, 0.25) is 0 Å². The Labute approximate surface area is 123 Å². The van der Waals surface area contributed by atoms with Gasteiger partial charge in [0, 0.05) is 6.07 Å². The second-order valence-electron chi connectivity index (χ2n) is 4.53. The van der Waals surface area contributed by atoms with E-state index in [9.17, 15) is 22.0 Å². The minimum atomic E-state index is -4.46. The molecular weight excluding hydrogens is 311 g/mol. The van der Waals surface area contributed by atoms with Crippen molar-refractivity contribution in [3.8, 4) is 0 Å². The monoisotopic (exact) mass is 320 g/mol. The minimum Gasteiger partial charge on any atom is -0.207 e. The van der Waals surface area contributed by atoms with Crippen LogP contribution in [0.25, 0.3) is 0 Å². The van der Waals surface area contributed by atoms with Crippen molar-refractivity contribution in [1.82, 2.24) is 0 Å². The van der Waals surface area contributed by atoms with Crippen molar-refractivity contribution in [2.45, 2.75) is 18.0 Å². The lowest BCUT2D eigenvalue weighted by atomic mass is 10.0. The van der Waals surface area contributed by atoms with E-state index in [1.54, 1.807) is 0 Å². The molecule has 0 spiro atoms. The quantitative estimate of drug-likeness (QED) is 0.517. The molecule has 0 bridgehead atoms. The molecule has 0 aliphatic rings. The molecule has 0 nitrogen and oxygen atoms in total. The van der Waals surface area contributed by atoms with Gasteiger partial charge >= 0.3 is 6.18 Å². The van der Waals surface area contributed by atoms with Crippen molar-refractivity contribution in [2.24, 2.45) is 0 Å². The molecule has 2 rings (SSSR count). The molecule has 1 unspecified atom stereocenters. The highest BCUT2D eigenvalue weighted by Crippen LogP contribution is 2.33. The van der Waals surface area contributed by atoms with Crippen LogP contribution in [0.1, 0.15) is 22.1 Å². The molecule has 2 aromatic rings. The third-order valence-corrected chi connectivity index (χ3v) is 3.40. The van der Waals surface area contributed by atoms with Crippen LogP contribution in [0.5, 0.6) is 0 Å². The lowest BCUT2D eigenvalue weighted by Gasteiger charge is -2.13. The second kappa shape index (κ2) is 6.02. The maximum absolute atomic E-state index is 13.5. The number of rotatable bonds is 3. The Morgan fingerprint density at radius 1 is 1.00 bits per heavy atom. The standard InChI is InChI=1S/C15H10ClF5/c16-13(7-10-4-5-12(17)8-14(10)18)9-2-1-3-11(6-9)15(19,20)21/h1-6,8,13H,7H2. The molecule has 0 fully saturated rings. The van der Waals surface area contributed by atoms with E-state index in [0.29, 0.717) is 6.07 Å². The Bertz CT molecular complexity index is 636. The highest BCUT2D eigenvalue weighted by Gasteiger charge is 2.30. The Morgan fingerprint density at radius 3 is 2.33 bits per heavy atom. The number of hydrogen-bond donors (Lipinski definition) is 0. The normalized spacial score (nSPS) is 13.2. The molecule has 0 aromatic heterocycles. The van der Waals surface area contributed by atoms with Gasteiger partial charge in [-0.3, -0.25) is 0 Å². The summed E-state index contributed by atoms with van der Waals surface area (Å²) < 4.78 is 64.2. The molecule has 0 saturated carbocycles. The lowest BCUT2D eigenvalue weighted by molar-refractivity contribution is -0.137. The van der Waals surface area contributed by atoms with Crippen LogP contribution < -0.4 is 0 Å². The van der Waals surface area contributed by atoms with Crippen molar-refractivity contribution < 1.29 is 22.0 Å². The van der Waals surface area contributed by atoms with E-state index < -0.39 is 28.8 Å². The van der Waals surface area contributed by atoms with Gasteiger partial charge in [0.05, 0.1) is 10.9 Å². The van der Waals surface area contributed by atoms with Crippen LogP contribution in [0.4, 0.5) is 22.0 Å². The van der Waals surface area contributed by atoms with Crippen LogP contribution in [-0.2, 0) is 12.6 Å². The van der Waals surface area contributed by atoms with Crippen LogP contribution in [-0.4, -0.2) is 0 Å². The van der Waals surface area contributed by atoms with E-state index in [0.717, 1.165) is 18.2 Å². The van der Waals surface area contributed by atoms with Gasteiger partial charge in [-0.1, -0.05) is 24.3 Å². The van der Waals surface area contributed by atoms with Gasteiger partial charge in [0.25, 0.3) is 0 Å². The number of hydrogen-bond acceptors (Lipinski definition) is 0. The predicted molar refractivity (Wildman–Crippen MR) is 70.1 cm³/mol. The van der Waals surface area contributed by atoms with E-state index in [1.807, 2.05) is 0 Å². The smallest absolute Gasteiger partial charge is 0.207 e. The van der Waals surface area contributed by atoms with Crippen molar-refractivity contribution in [2.75, 3.05) is 0 Å². The van der Waals surface area contributed by atoms with Gasteiger partial charge in [-0.2, -0.15) is 13.2 Å². The molecule has 0 heterocycles. The molecule has 0 radical (unpaired) electrons. The zero-order valence-corrected chi connectivity index (χ0v) is 11.3. The first kappa shape index (κ1) is 15.8. The van der Waals surface area contributed by atoms with Gasteiger partial charge in [-0.25, -0.2) is 8.78 Å². The second-order valence-corrected chi connectivity index (χ2v) is 5.06. The van der Waals surface area contributed by atoms with Crippen LogP contribution in [0, 0.1) is 11.6 Å². The number of alkyl halides is 4. The lowest BCUT2D eigenvalue weighted by Crippen LogP contribution is -2.06. The largest absolute Gasteiger partial charge is 0.416 e. The Hall–Kier alpha value is -1.62. The number of benzene rings is 2. The first-order valence-electron chi connectivity index (χ1n) is 6.02. The van der Waals surface area contributed by atoms with Gasteiger partial charge in [0.1, 0.15) is 11.6 Å². The minimum absolute atomic E-state index is 0.0328. The molecule has 0 N–H and O–H groups in total. The maximum Gasteiger partial charge on any atom is 0.416 e. The van der Waals surface area contributed by atoms with E-state index in [2.05, 4.69) is 0 Å². The van der Waals surface area contributed by atoms with E-state index in [4.69, 9.17) is 11.6 Å². The van der Waals surface area contributed by atoms with E-state index in [-0.39, 0.29) is 17.5 Å². The molecule has 112 valence electrons. The Kier molecular flexibility index (Phi) is 4.52. The molecule has 1 atom stereocenters. The Balaban J connectivity index is 2.22. The Morgan fingerprint density at radius 2 is 1.71 bits per heavy atom. The molecule has 0 aliphatic heterocycles. The summed E-state index contributed by atoms with van der Waals surface area (Å²) in [5.74, 6) is -1.49. The number of halogens is 6. The van der Waals surface area contributed by atoms with Crippen molar-refractivity contribution >= 4 is 11.6 Å². The van der Waals surface area contributed by atoms with Crippen molar-refractivity contribution in [3.05, 3.63) is 70.8 Å². The summed E-state index contributed by atoms with van der Waals surface area (Å²) in [5, 5.41) is -0.840. The maximum atomic E-state index is 13.5. The van der Waals surface area contributed by atoms with Crippen LogP contribution in [0.15, 0.2) is 42.5 Å². The third kappa shape index (κ3) is 3.94. The average molecular weight is 321 g/mol. The van der Waals surface area contributed by atoms with Crippen molar-refractivity contribution in [1.29, 1.82) is 0 Å². The van der Waals surface area contributed by atoms with Crippen LogP contribution in [0.2, 0.25) is 0 Å². The van der Waals surface area contributed by atoms with Gasteiger partial charge in [-0.05, 0) is 29.7 Å². The van der Waals surface area contributed by atoms with E-state index >= 15 is 0 Å². The molecule has 6 heteroatoms. The van der Waals surface area contributed by atoms with Crippen molar-refractivity contribution in [3.63, 3.8) is 0 Å². The third-order valence-electron chi connectivity index (χ3n) is 2.99. The van der Waals surface area contributed by atoms with Crippen LogP contribution >= 0.6 is 11.6 Å². The summed E-state index contributed by atoms with van der Waals surface area (Å²) in [6, 6.07) is 7.57. The molecule has 0 aliphatic carbocycles. The summed E-state index contributed by atoms with van der Waals surface area (Å²) in [4.78, 5) is 0. The van der Waals surface area contributed by atoms with E-state index in [1.165, 1.54) is 18.2 Å². The fraction of sp³-hybridized carbons (Fsp3) is 0.200. The predicted octanol–water partition coefficient (Wildman–Crippen LogP) is 5.51. The SMILES string of the molecule is Fc1ccc(CC(Cl)c2cccc(C(F)(F)F)c2)c(F)c1. The summed E-state index contributed by atoms with van der Waals surface area (Å²) in [7, 11) is 0. The zero-order valence-electron chi connectivity index (χ0n) is 10.6. The topological polar surface area (TPSA) is 0 Å². The van der Waals surface area contributed by atoms with Gasteiger partial charge in [-0.15, -0.1) is 11.6 Å². The van der Waals surface area contributed by atoms with Gasteiger partial charge < -0.3 is 0 Å². The zero-order chi connectivity index (χ0) is 15.6. The molecule has 0 saturated heterocycles. The fourth-order valence-electron chi connectivity index (χ4n) is 1.91. The first-order valence-corrected chi connectivity index (χ1v) is 6.46. The molecule has 0 amide bonds. The summed E-state index contributed by atoms with van der Waals surface area (Å²) in [6.07, 6.45) is -4.50.